The molecule has 2 aliphatic carbocycles. The maximum absolute atomic E-state index is 13.8. The average Bonchev–Trinajstić information content (AvgIpc) is 3.62. The van der Waals surface area contributed by atoms with Crippen LogP contribution in [0.2, 0.25) is 5.15 Å². The number of allylic oxidation sites excluding steroid dienone is 4. The van der Waals surface area contributed by atoms with E-state index in [-0.39, 0.29) is 23.4 Å². The molecule has 3 aliphatic rings. The highest BCUT2D eigenvalue weighted by Gasteiger charge is 2.51. The Labute approximate surface area is 221 Å². The summed E-state index contributed by atoms with van der Waals surface area (Å²) >= 11 is 6.27. The summed E-state index contributed by atoms with van der Waals surface area (Å²) < 4.78 is 41.4. The van der Waals surface area contributed by atoms with Crippen LogP contribution in [0, 0.1) is 29.6 Å². The molecule has 0 spiro atoms. The van der Waals surface area contributed by atoms with Gasteiger partial charge in [0.05, 0.1) is 5.56 Å². The molecule has 4 unspecified atom stereocenters. The molecule has 0 bridgehead atoms. The lowest BCUT2D eigenvalue weighted by atomic mass is 9.85. The van der Waals surface area contributed by atoms with Crippen molar-refractivity contribution in [1.82, 2.24) is 14.8 Å². The van der Waals surface area contributed by atoms with Gasteiger partial charge in [-0.1, -0.05) is 35.9 Å². The van der Waals surface area contributed by atoms with Gasteiger partial charge in [0, 0.05) is 46.7 Å². The van der Waals surface area contributed by atoms with Gasteiger partial charge in [-0.3, -0.25) is 9.59 Å². The number of amides is 2. The Hall–Kier alpha value is -2.55. The molecule has 6 nitrogen and oxygen atoms in total. The molecule has 0 radical (unpaired) electrons. The highest BCUT2D eigenvalue weighted by Crippen LogP contribution is 2.49. The molecule has 4 atom stereocenters. The minimum Gasteiger partial charge on any atom is -0.357 e. The first kappa shape index (κ1) is 27.5. The second kappa shape index (κ2) is 11.1. The van der Waals surface area contributed by atoms with Gasteiger partial charge in [-0.05, 0) is 55.6 Å². The molecule has 2 fully saturated rings. The minimum absolute atomic E-state index is 0.185. The molecular weight excluding hydrogens is 505 g/mol. The molecule has 0 aromatic carbocycles. The third-order valence-electron chi connectivity index (χ3n) is 7.86. The predicted molar refractivity (Wildman–Crippen MR) is 137 cm³/mol. The smallest absolute Gasteiger partial charge is 0.357 e. The topological polar surface area (TPSA) is 56.8 Å². The lowest BCUT2D eigenvalue weighted by Gasteiger charge is -2.34. The van der Waals surface area contributed by atoms with Gasteiger partial charge in [0.15, 0.2) is 0 Å². The van der Waals surface area contributed by atoms with Crippen molar-refractivity contribution in [3.63, 3.8) is 0 Å². The highest BCUT2D eigenvalue weighted by atomic mass is 35.5. The summed E-state index contributed by atoms with van der Waals surface area (Å²) in [7, 11) is 4.83. The van der Waals surface area contributed by atoms with Gasteiger partial charge in [0.2, 0.25) is 5.91 Å². The van der Waals surface area contributed by atoms with Gasteiger partial charge < -0.3 is 14.7 Å². The highest BCUT2D eigenvalue weighted by molar-refractivity contribution is 6.32. The molecule has 0 N–H and O–H groups in total. The second-order valence-electron chi connectivity index (χ2n) is 10.6. The van der Waals surface area contributed by atoms with E-state index >= 15 is 0 Å². The summed E-state index contributed by atoms with van der Waals surface area (Å²) in [5.41, 5.74) is 0.369. The molecule has 2 amide bonds. The van der Waals surface area contributed by atoms with E-state index in [0.717, 1.165) is 38.2 Å². The quantitative estimate of drug-likeness (QED) is 0.455. The molecule has 1 saturated carbocycles. The van der Waals surface area contributed by atoms with Crippen LogP contribution in [0.15, 0.2) is 36.4 Å². The fourth-order valence-electron chi connectivity index (χ4n) is 5.71. The van der Waals surface area contributed by atoms with Crippen molar-refractivity contribution in [3.05, 3.63) is 47.2 Å². The first-order chi connectivity index (χ1) is 17.5. The average molecular weight is 539 g/mol. The molecule has 1 aliphatic heterocycles. The molecular formula is C27H34ClF3N4O2. The van der Waals surface area contributed by atoms with Crippen LogP contribution >= 0.6 is 11.6 Å². The zero-order chi connectivity index (χ0) is 26.9. The SMILES string of the molecule is CN(C)C(=O)c1ccc(N2CCC(C3CC3CN(C)C(=O)C(C3C=CC=CC3)C(F)(F)F)CC2)nc1Cl. The summed E-state index contributed by atoms with van der Waals surface area (Å²) in [5.74, 6) is -2.01. The Morgan fingerprint density at radius 1 is 1.16 bits per heavy atom. The number of aromatic nitrogens is 1. The Morgan fingerprint density at radius 2 is 1.86 bits per heavy atom. The van der Waals surface area contributed by atoms with E-state index in [1.165, 1.54) is 22.9 Å². The van der Waals surface area contributed by atoms with Crippen molar-refractivity contribution in [2.75, 3.05) is 45.7 Å². The van der Waals surface area contributed by atoms with Crippen LogP contribution in [0.3, 0.4) is 0 Å². The van der Waals surface area contributed by atoms with E-state index in [0.29, 0.717) is 23.9 Å². The van der Waals surface area contributed by atoms with Gasteiger partial charge >= 0.3 is 6.18 Å². The summed E-state index contributed by atoms with van der Waals surface area (Å²) in [5, 5.41) is 0.185. The molecule has 1 aromatic rings. The van der Waals surface area contributed by atoms with Crippen molar-refractivity contribution in [3.8, 4) is 0 Å². The molecule has 1 saturated heterocycles. The lowest BCUT2D eigenvalue weighted by Crippen LogP contribution is -2.45. The van der Waals surface area contributed by atoms with Gasteiger partial charge in [-0.2, -0.15) is 13.2 Å². The summed E-state index contributed by atoms with van der Waals surface area (Å²) in [6.07, 6.45) is 4.96. The zero-order valence-electron chi connectivity index (χ0n) is 21.4. The van der Waals surface area contributed by atoms with Crippen LogP contribution in [0.5, 0.6) is 0 Å². The number of rotatable bonds is 7. The number of hydrogen-bond donors (Lipinski definition) is 0. The van der Waals surface area contributed by atoms with E-state index in [1.54, 1.807) is 38.4 Å². The van der Waals surface area contributed by atoms with Gasteiger partial charge in [-0.25, -0.2) is 4.98 Å². The molecule has 10 heteroatoms. The lowest BCUT2D eigenvalue weighted by molar-refractivity contribution is -0.195. The first-order valence-corrected chi connectivity index (χ1v) is 13.1. The normalized spacial score (nSPS) is 24.6. The standard InChI is InChI=1S/C27H34ClF3N4O2/c1-33(2)25(36)20-9-10-22(32-24(20)28)35-13-11-17(12-14-35)21-15-19(21)16-34(3)26(37)23(27(29,30)31)18-7-5-4-6-8-18/h4-7,9-10,17-19,21,23H,8,11-16H2,1-3H3. The number of carbonyl (C=O) groups excluding carboxylic acids is 2. The molecule has 37 heavy (non-hydrogen) atoms. The van der Waals surface area contributed by atoms with E-state index in [4.69, 9.17) is 11.6 Å². The predicted octanol–water partition coefficient (Wildman–Crippen LogP) is 5.06. The van der Waals surface area contributed by atoms with Gasteiger partial charge in [-0.15, -0.1) is 0 Å². The van der Waals surface area contributed by atoms with E-state index in [9.17, 15) is 22.8 Å². The van der Waals surface area contributed by atoms with E-state index < -0.39 is 23.9 Å². The van der Waals surface area contributed by atoms with E-state index in [2.05, 4.69) is 9.88 Å². The maximum Gasteiger partial charge on any atom is 0.401 e. The zero-order valence-corrected chi connectivity index (χ0v) is 22.2. The Kier molecular flexibility index (Phi) is 8.21. The number of carbonyl (C=O) groups is 2. The third kappa shape index (κ3) is 6.30. The van der Waals surface area contributed by atoms with Crippen LogP contribution in [0.4, 0.5) is 19.0 Å². The summed E-state index contributed by atoms with van der Waals surface area (Å²) in [6.45, 7) is 1.95. The monoisotopic (exact) mass is 538 g/mol. The fraction of sp³-hybridized carbons (Fsp3) is 0.593. The van der Waals surface area contributed by atoms with Crippen LogP contribution in [-0.4, -0.2) is 73.6 Å². The number of pyridine rings is 1. The van der Waals surface area contributed by atoms with Crippen molar-refractivity contribution >= 4 is 29.2 Å². The van der Waals surface area contributed by atoms with Crippen LogP contribution < -0.4 is 4.90 Å². The minimum atomic E-state index is -4.57. The van der Waals surface area contributed by atoms with Crippen LogP contribution in [-0.2, 0) is 4.79 Å². The number of halogens is 4. The number of alkyl halides is 3. The van der Waals surface area contributed by atoms with Gasteiger partial charge in [0.25, 0.3) is 5.91 Å². The second-order valence-corrected chi connectivity index (χ2v) is 11.0. The van der Waals surface area contributed by atoms with Crippen LogP contribution in [0.25, 0.3) is 0 Å². The largest absolute Gasteiger partial charge is 0.401 e. The van der Waals surface area contributed by atoms with Crippen molar-refractivity contribution in [1.29, 1.82) is 0 Å². The van der Waals surface area contributed by atoms with Gasteiger partial charge in [0.1, 0.15) is 16.9 Å². The number of nitrogens with zero attached hydrogens (tertiary/aromatic N) is 4. The van der Waals surface area contributed by atoms with Crippen molar-refractivity contribution in [2.45, 2.75) is 31.9 Å². The summed E-state index contributed by atoms with van der Waals surface area (Å²) in [4.78, 5) is 34.4. The summed E-state index contributed by atoms with van der Waals surface area (Å²) in [6, 6.07) is 3.52. The maximum atomic E-state index is 13.8. The van der Waals surface area contributed by atoms with Crippen LogP contribution in [0.1, 0.15) is 36.0 Å². The third-order valence-corrected chi connectivity index (χ3v) is 8.15. The molecule has 202 valence electrons. The van der Waals surface area contributed by atoms with Crippen molar-refractivity contribution < 1.29 is 22.8 Å². The Bertz CT molecular complexity index is 1070. The Balaban J connectivity index is 1.29. The fourth-order valence-corrected chi connectivity index (χ4v) is 5.94. The number of piperidine rings is 1. The first-order valence-electron chi connectivity index (χ1n) is 12.8. The van der Waals surface area contributed by atoms with E-state index in [1.807, 2.05) is 6.07 Å². The van der Waals surface area contributed by atoms with Crippen molar-refractivity contribution in [2.24, 2.45) is 29.6 Å². The molecule has 2 heterocycles. The molecule has 4 rings (SSSR count). The Morgan fingerprint density at radius 3 is 2.43 bits per heavy atom. The molecule has 1 aromatic heterocycles. The number of anilines is 1. The number of hydrogen-bond acceptors (Lipinski definition) is 4.